The molecule has 0 aromatic heterocycles. The Kier molecular flexibility index (Phi) is 5.41. The Bertz CT molecular complexity index is 792. The van der Waals surface area contributed by atoms with Gasteiger partial charge in [-0.15, -0.1) is 0 Å². The monoisotopic (exact) mass is 354 g/mol. The quantitative estimate of drug-likeness (QED) is 0.866. The van der Waals surface area contributed by atoms with Crippen molar-refractivity contribution in [1.29, 1.82) is 0 Å². The van der Waals surface area contributed by atoms with Crippen LogP contribution in [0.2, 0.25) is 0 Å². The third-order valence-electron chi connectivity index (χ3n) is 4.49. The first-order valence-electron chi connectivity index (χ1n) is 8.48. The minimum absolute atomic E-state index is 0.00777. The lowest BCUT2D eigenvalue weighted by Crippen LogP contribution is -2.41. The largest absolute Gasteiger partial charge is 0.497 e. The Balaban J connectivity index is 1.77. The van der Waals surface area contributed by atoms with Crippen molar-refractivity contribution in [3.8, 4) is 11.5 Å². The van der Waals surface area contributed by atoms with Crippen LogP contribution in [-0.2, 0) is 16.1 Å². The molecule has 1 saturated heterocycles. The summed E-state index contributed by atoms with van der Waals surface area (Å²) < 4.78 is 10.5. The van der Waals surface area contributed by atoms with Crippen molar-refractivity contribution in [2.45, 2.75) is 25.4 Å². The van der Waals surface area contributed by atoms with Crippen molar-refractivity contribution in [1.82, 2.24) is 4.90 Å². The minimum Gasteiger partial charge on any atom is -0.497 e. The summed E-state index contributed by atoms with van der Waals surface area (Å²) in [4.78, 5) is 26.7. The molecule has 1 aliphatic heterocycles. The topological polar surface area (TPSA) is 67.9 Å². The van der Waals surface area contributed by atoms with Crippen LogP contribution < -0.4 is 14.8 Å². The molecular weight excluding hydrogens is 332 g/mol. The van der Waals surface area contributed by atoms with Gasteiger partial charge in [0, 0.05) is 19.0 Å². The van der Waals surface area contributed by atoms with Gasteiger partial charge in [0.05, 0.1) is 19.9 Å². The van der Waals surface area contributed by atoms with Crippen LogP contribution in [0.25, 0.3) is 0 Å². The molecule has 0 bridgehead atoms. The number of amides is 2. The lowest BCUT2D eigenvalue weighted by Gasteiger charge is -2.24. The van der Waals surface area contributed by atoms with Gasteiger partial charge in [0.25, 0.3) is 0 Å². The van der Waals surface area contributed by atoms with Gasteiger partial charge in [0.1, 0.15) is 17.5 Å². The number of carbonyl (C=O) groups excluding carboxylic acids is 2. The Labute approximate surface area is 152 Å². The lowest BCUT2D eigenvalue weighted by atomic mass is 10.1. The zero-order valence-corrected chi connectivity index (χ0v) is 14.9. The van der Waals surface area contributed by atoms with Crippen LogP contribution in [0, 0.1) is 0 Å². The molecule has 1 fully saturated rings. The summed E-state index contributed by atoms with van der Waals surface area (Å²) in [5, 5.41) is 2.88. The van der Waals surface area contributed by atoms with Gasteiger partial charge in [0.15, 0.2) is 0 Å². The predicted octanol–water partition coefficient (Wildman–Crippen LogP) is 2.83. The molecule has 26 heavy (non-hydrogen) atoms. The smallest absolute Gasteiger partial charge is 0.247 e. The highest BCUT2D eigenvalue weighted by molar-refractivity contribution is 6.00. The molecule has 0 aliphatic carbocycles. The maximum absolute atomic E-state index is 12.8. The van der Waals surface area contributed by atoms with Crippen LogP contribution in [0.4, 0.5) is 5.69 Å². The van der Waals surface area contributed by atoms with Crippen LogP contribution in [0.3, 0.4) is 0 Å². The highest BCUT2D eigenvalue weighted by Crippen LogP contribution is 2.30. The highest BCUT2D eigenvalue weighted by atomic mass is 16.5. The molecular formula is C20H22N2O4. The van der Waals surface area contributed by atoms with E-state index in [4.69, 9.17) is 9.47 Å². The van der Waals surface area contributed by atoms with Crippen LogP contribution in [0.1, 0.15) is 18.4 Å². The van der Waals surface area contributed by atoms with Gasteiger partial charge in [-0.1, -0.05) is 30.3 Å². The summed E-state index contributed by atoms with van der Waals surface area (Å²) in [5.74, 6) is 0.924. The molecule has 1 unspecified atom stereocenters. The second-order valence-electron chi connectivity index (χ2n) is 6.12. The second kappa shape index (κ2) is 7.91. The number of hydrogen-bond donors (Lipinski definition) is 1. The Morgan fingerprint density at radius 1 is 1.15 bits per heavy atom. The van der Waals surface area contributed by atoms with Crippen molar-refractivity contribution < 1.29 is 19.1 Å². The van der Waals surface area contributed by atoms with Gasteiger partial charge >= 0.3 is 0 Å². The molecule has 1 heterocycles. The lowest BCUT2D eigenvalue weighted by molar-refractivity contribution is -0.133. The average molecular weight is 354 g/mol. The highest BCUT2D eigenvalue weighted by Gasteiger charge is 2.36. The zero-order valence-electron chi connectivity index (χ0n) is 14.9. The Hall–Kier alpha value is -3.02. The fourth-order valence-corrected chi connectivity index (χ4v) is 3.11. The first kappa shape index (κ1) is 17.8. The van der Waals surface area contributed by atoms with E-state index >= 15 is 0 Å². The predicted molar refractivity (Wildman–Crippen MR) is 98.2 cm³/mol. The van der Waals surface area contributed by atoms with Gasteiger partial charge < -0.3 is 19.7 Å². The van der Waals surface area contributed by atoms with E-state index in [1.165, 1.54) is 7.11 Å². The van der Waals surface area contributed by atoms with E-state index in [0.717, 1.165) is 5.56 Å². The van der Waals surface area contributed by atoms with Gasteiger partial charge in [-0.25, -0.2) is 0 Å². The van der Waals surface area contributed by atoms with E-state index in [0.29, 0.717) is 36.6 Å². The second-order valence-corrected chi connectivity index (χ2v) is 6.12. The van der Waals surface area contributed by atoms with Gasteiger partial charge in [-0.3, -0.25) is 9.59 Å². The Morgan fingerprint density at radius 3 is 2.62 bits per heavy atom. The van der Waals surface area contributed by atoms with E-state index in [2.05, 4.69) is 5.32 Å². The Morgan fingerprint density at radius 2 is 1.92 bits per heavy atom. The van der Waals surface area contributed by atoms with E-state index < -0.39 is 6.04 Å². The number of anilines is 1. The maximum atomic E-state index is 12.8. The number of nitrogens with zero attached hydrogens (tertiary/aromatic N) is 1. The fourth-order valence-electron chi connectivity index (χ4n) is 3.11. The maximum Gasteiger partial charge on any atom is 0.247 e. The normalized spacial score (nSPS) is 16.5. The molecule has 0 radical (unpaired) electrons. The van der Waals surface area contributed by atoms with E-state index in [1.54, 1.807) is 30.2 Å². The first-order valence-corrected chi connectivity index (χ1v) is 8.48. The molecule has 0 spiro atoms. The molecule has 3 rings (SSSR count). The molecule has 1 N–H and O–H groups in total. The number of rotatable bonds is 6. The zero-order chi connectivity index (χ0) is 18.5. The molecule has 0 saturated carbocycles. The number of ether oxygens (including phenoxy) is 2. The summed E-state index contributed by atoms with van der Waals surface area (Å²) >= 11 is 0. The summed E-state index contributed by atoms with van der Waals surface area (Å²) in [7, 11) is 3.10. The molecule has 6 nitrogen and oxygen atoms in total. The minimum atomic E-state index is -0.501. The molecule has 1 aliphatic rings. The third-order valence-corrected chi connectivity index (χ3v) is 4.49. The fraction of sp³-hybridized carbons (Fsp3) is 0.300. The van der Waals surface area contributed by atoms with Crippen molar-refractivity contribution in [2.24, 2.45) is 0 Å². The molecule has 2 aromatic carbocycles. The first-order chi connectivity index (χ1) is 12.6. The number of nitrogens with one attached hydrogen (secondary N) is 1. The summed E-state index contributed by atoms with van der Waals surface area (Å²) in [6.07, 6.45) is 0.879. The van der Waals surface area contributed by atoms with Crippen LogP contribution in [-0.4, -0.2) is 37.0 Å². The summed E-state index contributed by atoms with van der Waals surface area (Å²) in [6.45, 7) is 0.424. The number of likely N-dealkylation sites (tertiary alicyclic amines) is 1. The van der Waals surface area contributed by atoms with Crippen LogP contribution >= 0.6 is 0 Å². The molecule has 136 valence electrons. The van der Waals surface area contributed by atoms with E-state index in [-0.39, 0.29) is 11.8 Å². The average Bonchev–Trinajstić information content (AvgIpc) is 3.03. The van der Waals surface area contributed by atoms with E-state index in [1.807, 2.05) is 30.3 Å². The molecule has 2 amide bonds. The number of benzene rings is 2. The number of hydrogen-bond acceptors (Lipinski definition) is 4. The van der Waals surface area contributed by atoms with Crippen molar-refractivity contribution in [3.05, 3.63) is 54.1 Å². The van der Waals surface area contributed by atoms with Crippen LogP contribution in [0.15, 0.2) is 48.5 Å². The summed E-state index contributed by atoms with van der Waals surface area (Å²) in [5.41, 5.74) is 1.52. The molecule has 1 atom stereocenters. The third kappa shape index (κ3) is 3.79. The van der Waals surface area contributed by atoms with Crippen LogP contribution in [0.5, 0.6) is 11.5 Å². The van der Waals surface area contributed by atoms with Gasteiger partial charge in [-0.05, 0) is 24.1 Å². The number of methoxy groups -OCH3 is 2. The van der Waals surface area contributed by atoms with Crippen molar-refractivity contribution >= 4 is 17.5 Å². The molecule has 6 heteroatoms. The van der Waals surface area contributed by atoms with Gasteiger partial charge in [0.2, 0.25) is 11.8 Å². The summed E-state index contributed by atoms with van der Waals surface area (Å²) in [6, 6.07) is 14.4. The van der Waals surface area contributed by atoms with Gasteiger partial charge in [-0.2, -0.15) is 0 Å². The van der Waals surface area contributed by atoms with Crippen molar-refractivity contribution in [3.63, 3.8) is 0 Å². The van der Waals surface area contributed by atoms with E-state index in [9.17, 15) is 9.59 Å². The standard InChI is InChI=1S/C20H22N2O4/c1-25-15-8-10-18(26-2)16(12-15)21-20(24)17-9-11-19(23)22(17)13-14-6-4-3-5-7-14/h3-8,10,12,17H,9,11,13H2,1-2H3,(H,21,24). The molecule has 2 aromatic rings. The van der Waals surface area contributed by atoms with Crippen molar-refractivity contribution in [2.75, 3.05) is 19.5 Å². The number of carbonyl (C=O) groups is 2. The SMILES string of the molecule is COc1ccc(OC)c(NC(=O)C2CCC(=O)N2Cc2ccccc2)c1.